The molecule has 1 N–H and O–H groups in total. The van der Waals surface area contributed by atoms with Gasteiger partial charge in [0, 0.05) is 13.0 Å². The number of carbonyl (C=O) groups is 1. The molecule has 0 spiro atoms. The lowest BCUT2D eigenvalue weighted by Crippen LogP contribution is -2.05. The predicted octanol–water partition coefficient (Wildman–Crippen LogP) is 0.867. The zero-order chi connectivity index (χ0) is 12.3. The predicted molar refractivity (Wildman–Crippen MR) is 54.1 cm³/mol. The van der Waals surface area contributed by atoms with E-state index in [0.29, 0.717) is 0 Å². The lowest BCUT2D eigenvalue weighted by atomic mass is 10.3. The van der Waals surface area contributed by atoms with E-state index in [9.17, 15) is 13.2 Å². The lowest BCUT2D eigenvalue weighted by molar-refractivity contribution is -0.132. The highest BCUT2D eigenvalue weighted by Gasteiger charge is 2.15. The molecule has 0 saturated heterocycles. The van der Waals surface area contributed by atoms with E-state index in [0.717, 1.165) is 12.1 Å². The monoisotopic (exact) mass is 246 g/mol. The van der Waals surface area contributed by atoms with Gasteiger partial charge in [-0.25, -0.2) is 0 Å². The lowest BCUT2D eigenvalue weighted by Gasteiger charge is -2.08. The van der Waals surface area contributed by atoms with Crippen LogP contribution in [0.3, 0.4) is 0 Å². The molecule has 1 aromatic rings. The highest BCUT2D eigenvalue weighted by molar-refractivity contribution is 7.85. The minimum atomic E-state index is -4.33. The Balaban J connectivity index is 3.27. The fourth-order valence-electron chi connectivity index (χ4n) is 1.05. The van der Waals surface area contributed by atoms with Crippen LogP contribution in [-0.2, 0) is 14.9 Å². The first-order valence-electron chi connectivity index (χ1n) is 4.18. The van der Waals surface area contributed by atoms with Crippen LogP contribution in [0.25, 0.3) is 0 Å². The largest absolute Gasteiger partial charge is 0.493 e. The number of carbonyl (C=O) groups excluding carboxylic acids is 1. The molecule has 6 nitrogen and oxygen atoms in total. The van der Waals surface area contributed by atoms with Crippen molar-refractivity contribution < 1.29 is 27.2 Å². The summed E-state index contributed by atoms with van der Waals surface area (Å²) in [6, 6.07) is 3.43. The van der Waals surface area contributed by atoms with Crippen LogP contribution in [0.5, 0.6) is 11.5 Å². The average molecular weight is 246 g/mol. The molecule has 1 rings (SSSR count). The van der Waals surface area contributed by atoms with Crippen molar-refractivity contribution in [2.45, 2.75) is 11.8 Å². The number of hydrogen-bond donors (Lipinski definition) is 1. The summed E-state index contributed by atoms with van der Waals surface area (Å²) in [4.78, 5) is 10.4. The SMILES string of the molecule is COc1ccc(S(=O)(=O)O)cc1OC(C)=O. The maximum atomic E-state index is 10.8. The zero-order valence-corrected chi connectivity index (χ0v) is 9.45. The topological polar surface area (TPSA) is 89.9 Å². The van der Waals surface area contributed by atoms with Crippen molar-refractivity contribution in [1.29, 1.82) is 0 Å². The third-order valence-corrected chi connectivity index (χ3v) is 2.54. The quantitative estimate of drug-likeness (QED) is 0.483. The summed E-state index contributed by atoms with van der Waals surface area (Å²) in [5.41, 5.74) is 0. The van der Waals surface area contributed by atoms with Crippen molar-refractivity contribution in [3.63, 3.8) is 0 Å². The molecule has 16 heavy (non-hydrogen) atoms. The van der Waals surface area contributed by atoms with Crippen LogP contribution < -0.4 is 9.47 Å². The maximum Gasteiger partial charge on any atom is 0.308 e. The van der Waals surface area contributed by atoms with E-state index in [1.807, 2.05) is 0 Å². The van der Waals surface area contributed by atoms with Gasteiger partial charge in [-0.15, -0.1) is 0 Å². The zero-order valence-electron chi connectivity index (χ0n) is 8.63. The molecule has 7 heteroatoms. The smallest absolute Gasteiger partial charge is 0.308 e. The Morgan fingerprint density at radius 2 is 1.94 bits per heavy atom. The number of methoxy groups -OCH3 is 1. The maximum absolute atomic E-state index is 10.8. The van der Waals surface area contributed by atoms with E-state index >= 15 is 0 Å². The van der Waals surface area contributed by atoms with Crippen molar-refractivity contribution >= 4 is 16.1 Å². The van der Waals surface area contributed by atoms with Gasteiger partial charge in [0.15, 0.2) is 11.5 Å². The Bertz CT molecular complexity index is 505. The number of esters is 1. The third-order valence-electron chi connectivity index (χ3n) is 1.69. The molecular weight excluding hydrogens is 236 g/mol. The fraction of sp³-hybridized carbons (Fsp3) is 0.222. The molecular formula is C9H10O6S. The van der Waals surface area contributed by atoms with Gasteiger partial charge in [0.1, 0.15) is 0 Å². The van der Waals surface area contributed by atoms with Gasteiger partial charge < -0.3 is 9.47 Å². The Hall–Kier alpha value is -1.60. The molecule has 0 atom stereocenters. The van der Waals surface area contributed by atoms with Gasteiger partial charge in [-0.1, -0.05) is 0 Å². The molecule has 0 heterocycles. The molecule has 88 valence electrons. The number of ether oxygens (including phenoxy) is 2. The highest BCUT2D eigenvalue weighted by atomic mass is 32.2. The first-order valence-corrected chi connectivity index (χ1v) is 5.62. The highest BCUT2D eigenvalue weighted by Crippen LogP contribution is 2.29. The minimum absolute atomic E-state index is 0.0647. The van der Waals surface area contributed by atoms with Crippen molar-refractivity contribution in [1.82, 2.24) is 0 Å². The van der Waals surface area contributed by atoms with Crippen LogP contribution in [0.4, 0.5) is 0 Å². The first kappa shape index (κ1) is 12.5. The van der Waals surface area contributed by atoms with E-state index in [-0.39, 0.29) is 16.4 Å². The van der Waals surface area contributed by atoms with E-state index in [4.69, 9.17) is 14.0 Å². The first-order chi connectivity index (χ1) is 7.34. The molecule has 0 saturated carbocycles. The second kappa shape index (κ2) is 4.50. The van der Waals surface area contributed by atoms with E-state index in [1.54, 1.807) is 0 Å². The van der Waals surface area contributed by atoms with Crippen LogP contribution in [-0.4, -0.2) is 26.0 Å². The van der Waals surface area contributed by atoms with Gasteiger partial charge in [0.05, 0.1) is 12.0 Å². The minimum Gasteiger partial charge on any atom is -0.493 e. The van der Waals surface area contributed by atoms with Gasteiger partial charge in [-0.05, 0) is 12.1 Å². The fourth-order valence-corrected chi connectivity index (χ4v) is 1.55. The molecule has 0 fully saturated rings. The van der Waals surface area contributed by atoms with Gasteiger partial charge >= 0.3 is 5.97 Å². The molecule has 0 aromatic heterocycles. The van der Waals surface area contributed by atoms with Gasteiger partial charge in [-0.3, -0.25) is 9.35 Å². The summed E-state index contributed by atoms with van der Waals surface area (Å²) in [6.45, 7) is 1.17. The van der Waals surface area contributed by atoms with Gasteiger partial charge in [0.25, 0.3) is 10.1 Å². The molecule has 0 bridgehead atoms. The van der Waals surface area contributed by atoms with Crippen molar-refractivity contribution in [3.8, 4) is 11.5 Å². The van der Waals surface area contributed by atoms with Crippen LogP contribution in [0.1, 0.15) is 6.92 Å². The average Bonchev–Trinajstić information content (AvgIpc) is 2.15. The van der Waals surface area contributed by atoms with E-state index in [1.165, 1.54) is 20.1 Å². The third kappa shape index (κ3) is 2.94. The second-order valence-electron chi connectivity index (χ2n) is 2.88. The summed E-state index contributed by atoms with van der Waals surface area (Å²) in [5.74, 6) is -0.487. The van der Waals surface area contributed by atoms with E-state index < -0.39 is 16.1 Å². The van der Waals surface area contributed by atoms with Crippen molar-refractivity contribution in [2.24, 2.45) is 0 Å². The Morgan fingerprint density at radius 1 is 1.31 bits per heavy atom. The van der Waals surface area contributed by atoms with Gasteiger partial charge in [-0.2, -0.15) is 8.42 Å². The summed E-state index contributed by atoms with van der Waals surface area (Å²) < 4.78 is 40.1. The van der Waals surface area contributed by atoms with Crippen molar-refractivity contribution in [2.75, 3.05) is 7.11 Å². The van der Waals surface area contributed by atoms with Crippen LogP contribution >= 0.6 is 0 Å². The van der Waals surface area contributed by atoms with Crippen LogP contribution in [0.15, 0.2) is 23.1 Å². The number of hydrogen-bond acceptors (Lipinski definition) is 5. The normalized spacial score (nSPS) is 10.9. The second-order valence-corrected chi connectivity index (χ2v) is 4.30. The number of rotatable bonds is 3. The summed E-state index contributed by atoms with van der Waals surface area (Å²) in [7, 11) is -2.99. The molecule has 0 aliphatic rings. The van der Waals surface area contributed by atoms with E-state index in [2.05, 4.69) is 0 Å². The molecule has 0 unspecified atom stereocenters. The molecule has 0 amide bonds. The number of benzene rings is 1. The van der Waals surface area contributed by atoms with Gasteiger partial charge in [0.2, 0.25) is 0 Å². The summed E-state index contributed by atoms with van der Waals surface area (Å²) >= 11 is 0. The molecule has 0 aliphatic heterocycles. The van der Waals surface area contributed by atoms with Crippen molar-refractivity contribution in [3.05, 3.63) is 18.2 Å². The standard InChI is InChI=1S/C9H10O6S/c1-6(10)15-9-5-7(16(11,12)13)3-4-8(9)14-2/h3-5H,1-2H3,(H,11,12,13). The Labute approximate surface area is 92.5 Å². The molecule has 0 radical (unpaired) electrons. The van der Waals surface area contributed by atoms with Crippen LogP contribution in [0.2, 0.25) is 0 Å². The Morgan fingerprint density at radius 3 is 2.38 bits per heavy atom. The molecule has 0 aliphatic carbocycles. The summed E-state index contributed by atoms with van der Waals surface area (Å²) in [5, 5.41) is 0. The Kier molecular flexibility index (Phi) is 3.51. The molecule has 1 aromatic carbocycles. The summed E-state index contributed by atoms with van der Waals surface area (Å²) in [6.07, 6.45) is 0. The van der Waals surface area contributed by atoms with Crippen LogP contribution in [0, 0.1) is 0 Å².